The van der Waals surface area contributed by atoms with E-state index in [-0.39, 0.29) is 48.3 Å². The van der Waals surface area contributed by atoms with Gasteiger partial charge in [0.2, 0.25) is 5.91 Å². The van der Waals surface area contributed by atoms with E-state index in [4.69, 9.17) is 5.11 Å². The lowest BCUT2D eigenvalue weighted by molar-refractivity contribution is -0.145. The van der Waals surface area contributed by atoms with Gasteiger partial charge in [-0.2, -0.15) is 0 Å². The number of likely N-dealkylation sites (tertiary alicyclic amines) is 1. The first kappa shape index (κ1) is 44.1. The number of aromatic carboxylic acids is 1. The van der Waals surface area contributed by atoms with Crippen molar-refractivity contribution < 1.29 is 34.2 Å². The lowest BCUT2D eigenvalue weighted by Crippen LogP contribution is -2.48. The second kappa shape index (κ2) is 20.6. The number of carboxylic acids is 2. The number of aryl methyl sites for hydroxylation is 3. The van der Waals surface area contributed by atoms with E-state index in [1.807, 2.05) is 58.3 Å². The largest absolute Gasteiger partial charge is 0.481 e. The van der Waals surface area contributed by atoms with Crippen molar-refractivity contribution in [3.63, 3.8) is 0 Å². The summed E-state index contributed by atoms with van der Waals surface area (Å²) in [6.45, 7) is 5.64. The average molecular weight is 829 g/mol. The van der Waals surface area contributed by atoms with Crippen LogP contribution in [0.5, 0.6) is 0 Å². The molecule has 11 nitrogen and oxygen atoms in total. The smallest absolute Gasteiger partial charge is 0.335 e. The lowest BCUT2D eigenvalue weighted by Gasteiger charge is -2.35. The van der Waals surface area contributed by atoms with E-state index >= 15 is 0 Å². The topological polar surface area (TPSA) is 156 Å². The Bertz CT molecular complexity index is 2080. The van der Waals surface area contributed by atoms with Crippen LogP contribution in [0, 0.1) is 5.92 Å². The van der Waals surface area contributed by atoms with Gasteiger partial charge in [-0.05, 0) is 129 Å². The number of thiophene rings is 1. The van der Waals surface area contributed by atoms with Crippen LogP contribution in [-0.2, 0) is 41.8 Å². The van der Waals surface area contributed by atoms with E-state index in [2.05, 4.69) is 24.5 Å². The van der Waals surface area contributed by atoms with Gasteiger partial charge in [0, 0.05) is 35.3 Å². The maximum atomic E-state index is 13.9. The standard InChI is InChI=1S/C45H52N4O7S.ClH/c1-3-36(4-2)49(39(50)28-48-24-8-11-34(27-48)45(55)56)26-31-9-7-10-33(25-31)41(51)47-43-40(37-12-5-6-13-38(37)57-43)42(52)46-35-22-18-30(19-23-35)15-14-29-16-20-32(21-17-29)44(53)54;/h7,9-10,16-23,25,34,36H,3-6,8,11-15,24,26-28H2,1-2H3,(H,46,52)(H,47,51)(H,53,54)(H,55,56);1H. The predicted octanol–water partition coefficient (Wildman–Crippen LogP) is 8.35. The average Bonchev–Trinajstić information content (AvgIpc) is 3.58. The van der Waals surface area contributed by atoms with E-state index < -0.39 is 17.9 Å². The number of halogens is 1. The maximum absolute atomic E-state index is 13.9. The number of hydrogen-bond donors (Lipinski definition) is 4. The normalized spacial score (nSPS) is 15.2. The van der Waals surface area contributed by atoms with Gasteiger partial charge in [-0.3, -0.25) is 24.1 Å². The minimum atomic E-state index is -0.947. The molecule has 0 radical (unpaired) electrons. The Morgan fingerprint density at radius 3 is 2.14 bits per heavy atom. The summed E-state index contributed by atoms with van der Waals surface area (Å²) in [6.07, 6.45) is 8.03. The number of amides is 3. The Morgan fingerprint density at radius 2 is 1.48 bits per heavy atom. The second-order valence-corrected chi connectivity index (χ2v) is 16.2. The summed E-state index contributed by atoms with van der Waals surface area (Å²) in [4.78, 5) is 69.3. The quantitative estimate of drug-likeness (QED) is 0.0879. The van der Waals surface area contributed by atoms with Crippen LogP contribution in [0.4, 0.5) is 10.7 Å². The Balaban J connectivity index is 0.00000641. The number of nitrogens with one attached hydrogen (secondary N) is 2. The molecule has 308 valence electrons. The van der Waals surface area contributed by atoms with Crippen LogP contribution in [0.15, 0.2) is 72.8 Å². The van der Waals surface area contributed by atoms with Gasteiger partial charge < -0.3 is 25.7 Å². The number of carboxylic acid groups (broad SMARTS) is 2. The minimum absolute atomic E-state index is 0. The van der Waals surface area contributed by atoms with Gasteiger partial charge in [0.05, 0.1) is 23.6 Å². The summed E-state index contributed by atoms with van der Waals surface area (Å²) in [6, 6.07) is 21.8. The highest BCUT2D eigenvalue weighted by atomic mass is 35.5. The van der Waals surface area contributed by atoms with Gasteiger partial charge in [0.1, 0.15) is 5.00 Å². The first-order chi connectivity index (χ1) is 27.5. The van der Waals surface area contributed by atoms with Crippen molar-refractivity contribution in [1.82, 2.24) is 9.80 Å². The molecule has 4 N–H and O–H groups in total. The third-order valence-electron chi connectivity index (χ3n) is 11.2. The van der Waals surface area contributed by atoms with E-state index in [0.29, 0.717) is 47.9 Å². The Hall–Kier alpha value is -5.04. The van der Waals surface area contributed by atoms with Gasteiger partial charge in [-0.1, -0.05) is 50.2 Å². The molecule has 0 saturated carbocycles. The first-order valence-electron chi connectivity index (χ1n) is 20.0. The fraction of sp³-hybridized carbons (Fsp3) is 0.400. The summed E-state index contributed by atoms with van der Waals surface area (Å²) in [7, 11) is 0. The Morgan fingerprint density at radius 1 is 0.810 bits per heavy atom. The summed E-state index contributed by atoms with van der Waals surface area (Å²) in [5.74, 6) is -2.89. The zero-order chi connectivity index (χ0) is 40.5. The number of fused-ring (bicyclic) bond motifs is 1. The summed E-state index contributed by atoms with van der Waals surface area (Å²) in [5, 5.41) is 25.3. The second-order valence-electron chi connectivity index (χ2n) is 15.1. The molecule has 58 heavy (non-hydrogen) atoms. The zero-order valence-corrected chi connectivity index (χ0v) is 34.8. The molecule has 2 heterocycles. The molecule has 2 aliphatic rings. The number of carbonyl (C=O) groups excluding carboxylic acids is 3. The molecular formula is C45H53ClN4O7S. The highest BCUT2D eigenvalue weighted by Gasteiger charge is 2.30. The minimum Gasteiger partial charge on any atom is -0.481 e. The van der Waals surface area contributed by atoms with Crippen molar-refractivity contribution in [2.75, 3.05) is 30.3 Å². The van der Waals surface area contributed by atoms with Crippen molar-refractivity contribution in [2.45, 2.75) is 90.6 Å². The van der Waals surface area contributed by atoms with Gasteiger partial charge in [0.15, 0.2) is 0 Å². The van der Waals surface area contributed by atoms with Crippen molar-refractivity contribution in [3.8, 4) is 0 Å². The molecule has 6 rings (SSSR count). The molecule has 1 atom stereocenters. The van der Waals surface area contributed by atoms with Crippen LogP contribution in [0.2, 0.25) is 0 Å². The van der Waals surface area contributed by atoms with Gasteiger partial charge >= 0.3 is 11.9 Å². The number of piperidine rings is 1. The number of benzene rings is 3. The number of hydrogen-bond acceptors (Lipinski definition) is 7. The first-order valence-corrected chi connectivity index (χ1v) is 20.9. The molecule has 1 aromatic heterocycles. The maximum Gasteiger partial charge on any atom is 0.335 e. The number of aliphatic carboxylic acids is 1. The van der Waals surface area contributed by atoms with Crippen molar-refractivity contribution in [2.24, 2.45) is 5.92 Å². The summed E-state index contributed by atoms with van der Waals surface area (Å²) in [5.41, 5.74) is 5.76. The van der Waals surface area contributed by atoms with Crippen LogP contribution in [-0.4, -0.2) is 75.3 Å². The summed E-state index contributed by atoms with van der Waals surface area (Å²) < 4.78 is 0. The van der Waals surface area contributed by atoms with E-state index in [1.54, 1.807) is 24.3 Å². The number of rotatable bonds is 16. The van der Waals surface area contributed by atoms with Crippen molar-refractivity contribution in [1.29, 1.82) is 0 Å². The fourth-order valence-electron chi connectivity index (χ4n) is 7.96. The van der Waals surface area contributed by atoms with Crippen molar-refractivity contribution >= 4 is 64.1 Å². The van der Waals surface area contributed by atoms with Crippen LogP contribution in [0.3, 0.4) is 0 Å². The molecule has 1 aliphatic heterocycles. The lowest BCUT2D eigenvalue weighted by atomic mass is 9.95. The molecule has 3 amide bonds. The van der Waals surface area contributed by atoms with Crippen LogP contribution in [0.1, 0.15) is 111 Å². The van der Waals surface area contributed by atoms with Crippen LogP contribution >= 0.6 is 23.7 Å². The molecule has 0 bridgehead atoms. The number of nitrogens with zero attached hydrogens (tertiary/aromatic N) is 2. The molecule has 0 spiro atoms. The van der Waals surface area contributed by atoms with Crippen LogP contribution in [0.25, 0.3) is 0 Å². The molecule has 1 fully saturated rings. The molecule has 1 aliphatic carbocycles. The van der Waals surface area contributed by atoms with Crippen LogP contribution < -0.4 is 10.6 Å². The molecule has 1 saturated heterocycles. The van der Waals surface area contributed by atoms with Gasteiger partial charge in [-0.25, -0.2) is 4.79 Å². The zero-order valence-electron chi connectivity index (χ0n) is 33.1. The Labute approximate surface area is 350 Å². The molecule has 1 unspecified atom stereocenters. The van der Waals surface area contributed by atoms with Gasteiger partial charge in [-0.15, -0.1) is 23.7 Å². The number of carbonyl (C=O) groups is 5. The van der Waals surface area contributed by atoms with Gasteiger partial charge in [0.25, 0.3) is 11.8 Å². The SMILES string of the molecule is CCC(CC)N(Cc1cccc(C(=O)Nc2sc3c(c2C(=O)Nc2ccc(CCc4ccc(C(=O)O)cc4)cc2)CCCC3)c1)C(=O)CN1CCCC(C(=O)O)C1.Cl. The monoisotopic (exact) mass is 828 g/mol. The summed E-state index contributed by atoms with van der Waals surface area (Å²) >= 11 is 1.46. The number of anilines is 2. The van der Waals surface area contributed by atoms with E-state index in [9.17, 15) is 29.1 Å². The fourth-order valence-corrected chi connectivity index (χ4v) is 9.24. The molecular weight excluding hydrogens is 776 g/mol. The Kier molecular flexibility index (Phi) is 15.6. The van der Waals surface area contributed by atoms with Crippen molar-refractivity contribution in [3.05, 3.63) is 117 Å². The predicted molar refractivity (Wildman–Crippen MR) is 230 cm³/mol. The third-order valence-corrected chi connectivity index (χ3v) is 12.4. The third kappa shape index (κ3) is 11.1. The molecule has 3 aromatic carbocycles. The highest BCUT2D eigenvalue weighted by Crippen LogP contribution is 2.39. The molecule has 13 heteroatoms. The highest BCUT2D eigenvalue weighted by molar-refractivity contribution is 7.17. The van der Waals surface area contributed by atoms with E-state index in [1.165, 1.54) is 11.3 Å². The van der Waals surface area contributed by atoms with E-state index in [0.717, 1.165) is 84.9 Å². The molecule has 4 aromatic rings.